The van der Waals surface area contributed by atoms with Crippen LogP contribution in [0.4, 0.5) is 5.69 Å². The Balaban J connectivity index is 1.81. The first-order valence-corrected chi connectivity index (χ1v) is 8.90. The molecule has 1 atom stereocenters. The number of nitrogens with one attached hydrogen (secondary N) is 2. The molecule has 0 heterocycles. The van der Waals surface area contributed by atoms with E-state index in [0.29, 0.717) is 0 Å². The van der Waals surface area contributed by atoms with Crippen molar-refractivity contribution in [2.45, 2.75) is 26.3 Å². The Morgan fingerprint density at radius 1 is 0.962 bits per heavy atom. The van der Waals surface area contributed by atoms with Gasteiger partial charge in [-0.3, -0.25) is 14.5 Å². The Morgan fingerprint density at radius 2 is 1.58 bits per heavy atom. The van der Waals surface area contributed by atoms with E-state index >= 15 is 0 Å². The lowest BCUT2D eigenvalue weighted by Gasteiger charge is -2.19. The minimum atomic E-state index is -0.127. The maximum Gasteiger partial charge on any atom is 0.238 e. The molecule has 2 rings (SSSR count). The fraction of sp³-hybridized carbons (Fsp3) is 0.333. The topological polar surface area (TPSA) is 61.4 Å². The molecule has 5 heteroatoms. The van der Waals surface area contributed by atoms with Gasteiger partial charge in [-0.05, 0) is 37.6 Å². The van der Waals surface area contributed by atoms with Gasteiger partial charge >= 0.3 is 0 Å². The number of carbonyl (C=O) groups is 2. The van der Waals surface area contributed by atoms with Gasteiger partial charge in [0, 0.05) is 5.69 Å². The summed E-state index contributed by atoms with van der Waals surface area (Å²) < 4.78 is 0. The predicted octanol–water partition coefficient (Wildman–Crippen LogP) is 3.00. The molecule has 138 valence electrons. The van der Waals surface area contributed by atoms with Gasteiger partial charge in [0.05, 0.1) is 19.1 Å². The van der Waals surface area contributed by atoms with Gasteiger partial charge in [0.15, 0.2) is 0 Å². The van der Waals surface area contributed by atoms with Gasteiger partial charge < -0.3 is 10.6 Å². The summed E-state index contributed by atoms with van der Waals surface area (Å²) in [4.78, 5) is 26.1. The van der Waals surface area contributed by atoms with Gasteiger partial charge in [-0.25, -0.2) is 0 Å². The summed E-state index contributed by atoms with van der Waals surface area (Å²) in [5, 5.41) is 5.88. The van der Waals surface area contributed by atoms with Gasteiger partial charge in [-0.15, -0.1) is 0 Å². The molecular formula is C21H27N3O2. The molecule has 0 aromatic heterocycles. The molecule has 2 amide bonds. The van der Waals surface area contributed by atoms with Gasteiger partial charge in [0.1, 0.15) is 0 Å². The van der Waals surface area contributed by atoms with Crippen LogP contribution < -0.4 is 10.6 Å². The van der Waals surface area contributed by atoms with Crippen LogP contribution in [0.3, 0.4) is 0 Å². The van der Waals surface area contributed by atoms with E-state index in [2.05, 4.69) is 17.6 Å². The third kappa shape index (κ3) is 6.01. The second kappa shape index (κ2) is 9.73. The molecule has 26 heavy (non-hydrogen) atoms. The number of hydrogen-bond acceptors (Lipinski definition) is 3. The molecule has 5 nitrogen and oxygen atoms in total. The molecule has 0 radical (unpaired) electrons. The highest BCUT2D eigenvalue weighted by atomic mass is 16.2. The lowest BCUT2D eigenvalue weighted by Crippen LogP contribution is -2.39. The first-order valence-electron chi connectivity index (χ1n) is 8.90. The predicted molar refractivity (Wildman–Crippen MR) is 105 cm³/mol. The maximum absolute atomic E-state index is 12.2. The fourth-order valence-corrected chi connectivity index (χ4v) is 2.80. The third-order valence-electron chi connectivity index (χ3n) is 4.18. The number of benzene rings is 2. The largest absolute Gasteiger partial charge is 0.348 e. The zero-order valence-electron chi connectivity index (χ0n) is 15.7. The summed E-state index contributed by atoms with van der Waals surface area (Å²) in [5.74, 6) is -0.233. The molecule has 0 bridgehead atoms. The monoisotopic (exact) mass is 353 g/mol. The van der Waals surface area contributed by atoms with Crippen molar-refractivity contribution in [2.75, 3.05) is 25.5 Å². The van der Waals surface area contributed by atoms with Crippen LogP contribution in [0.25, 0.3) is 0 Å². The zero-order valence-corrected chi connectivity index (χ0v) is 15.7. The standard InChI is InChI=1S/C21H27N3O2/c1-4-17-10-8-9-13-19(17)23-21(26)15-24(3)14-20(25)22-16(2)18-11-6-5-7-12-18/h5-13,16H,4,14-15H2,1-3H3,(H,22,25)(H,23,26)/t16-/m0/s1. The first kappa shape index (κ1) is 19.7. The molecular weight excluding hydrogens is 326 g/mol. The van der Waals surface area contributed by atoms with E-state index in [1.54, 1.807) is 11.9 Å². The van der Waals surface area contributed by atoms with Crippen molar-refractivity contribution in [3.63, 3.8) is 0 Å². The quantitative estimate of drug-likeness (QED) is 0.767. The van der Waals surface area contributed by atoms with Crippen molar-refractivity contribution in [1.82, 2.24) is 10.2 Å². The smallest absolute Gasteiger partial charge is 0.238 e. The minimum absolute atomic E-state index is 0.0673. The van der Waals surface area contributed by atoms with Crippen LogP contribution in [-0.4, -0.2) is 36.9 Å². The highest BCUT2D eigenvalue weighted by Crippen LogP contribution is 2.15. The summed E-state index contributed by atoms with van der Waals surface area (Å²) in [6, 6.07) is 17.5. The summed E-state index contributed by atoms with van der Waals surface area (Å²) in [6.07, 6.45) is 0.853. The van der Waals surface area contributed by atoms with Crippen molar-refractivity contribution >= 4 is 17.5 Å². The molecule has 0 aliphatic rings. The van der Waals surface area contributed by atoms with Gasteiger partial charge in [-0.2, -0.15) is 0 Å². The molecule has 0 saturated heterocycles. The summed E-state index contributed by atoms with van der Waals surface area (Å²) in [5.41, 5.74) is 2.98. The Bertz CT molecular complexity index is 731. The normalized spacial score (nSPS) is 11.8. The van der Waals surface area contributed by atoms with Gasteiger partial charge in [-0.1, -0.05) is 55.5 Å². The molecule has 2 N–H and O–H groups in total. The molecule has 0 spiro atoms. The van der Waals surface area contributed by atoms with E-state index in [0.717, 1.165) is 23.2 Å². The van der Waals surface area contributed by atoms with E-state index in [1.165, 1.54) is 0 Å². The Labute approximate surface area is 155 Å². The lowest BCUT2D eigenvalue weighted by molar-refractivity contribution is -0.123. The van der Waals surface area contributed by atoms with E-state index in [-0.39, 0.29) is 30.9 Å². The number of amides is 2. The Kier molecular flexibility index (Phi) is 7.36. The van der Waals surface area contributed by atoms with Gasteiger partial charge in [0.2, 0.25) is 11.8 Å². The lowest BCUT2D eigenvalue weighted by atomic mass is 10.1. The average molecular weight is 353 g/mol. The molecule has 0 saturated carbocycles. The molecule has 2 aromatic rings. The Hall–Kier alpha value is -2.66. The van der Waals surface area contributed by atoms with E-state index in [9.17, 15) is 9.59 Å². The van der Waals surface area contributed by atoms with Gasteiger partial charge in [0.25, 0.3) is 0 Å². The highest BCUT2D eigenvalue weighted by Gasteiger charge is 2.14. The number of hydrogen-bond donors (Lipinski definition) is 2. The molecule has 0 aliphatic heterocycles. The molecule has 0 fully saturated rings. The summed E-state index contributed by atoms with van der Waals surface area (Å²) in [7, 11) is 1.76. The number of rotatable bonds is 8. The van der Waals surface area contributed by atoms with E-state index in [1.807, 2.05) is 61.5 Å². The fourth-order valence-electron chi connectivity index (χ4n) is 2.80. The Morgan fingerprint density at radius 3 is 2.27 bits per heavy atom. The molecule has 0 aliphatic carbocycles. The van der Waals surface area contributed by atoms with Crippen molar-refractivity contribution in [1.29, 1.82) is 0 Å². The zero-order chi connectivity index (χ0) is 18.9. The molecule has 2 aromatic carbocycles. The average Bonchev–Trinajstić information content (AvgIpc) is 2.62. The summed E-state index contributed by atoms with van der Waals surface area (Å²) in [6.45, 7) is 4.32. The van der Waals surface area contributed by atoms with Crippen LogP contribution >= 0.6 is 0 Å². The second-order valence-electron chi connectivity index (χ2n) is 6.43. The van der Waals surface area contributed by atoms with Crippen molar-refractivity contribution in [2.24, 2.45) is 0 Å². The van der Waals surface area contributed by atoms with Crippen LogP contribution in [0.1, 0.15) is 31.0 Å². The maximum atomic E-state index is 12.2. The van der Waals surface area contributed by atoms with E-state index in [4.69, 9.17) is 0 Å². The number of nitrogens with zero attached hydrogens (tertiary/aromatic N) is 1. The number of carbonyl (C=O) groups excluding carboxylic acids is 2. The number of anilines is 1. The van der Waals surface area contributed by atoms with Crippen LogP contribution in [-0.2, 0) is 16.0 Å². The highest BCUT2D eigenvalue weighted by molar-refractivity contribution is 5.93. The van der Waals surface area contributed by atoms with Crippen LogP contribution in [0, 0.1) is 0 Å². The van der Waals surface area contributed by atoms with E-state index < -0.39 is 0 Å². The van der Waals surface area contributed by atoms with Crippen LogP contribution in [0.15, 0.2) is 54.6 Å². The summed E-state index contributed by atoms with van der Waals surface area (Å²) >= 11 is 0. The van der Waals surface area contributed by atoms with Crippen molar-refractivity contribution in [3.05, 3.63) is 65.7 Å². The number of aryl methyl sites for hydroxylation is 1. The number of para-hydroxylation sites is 1. The van der Waals surface area contributed by atoms with Crippen molar-refractivity contribution < 1.29 is 9.59 Å². The minimum Gasteiger partial charge on any atom is -0.348 e. The second-order valence-corrected chi connectivity index (χ2v) is 6.43. The first-order chi connectivity index (χ1) is 12.5. The van der Waals surface area contributed by atoms with Crippen molar-refractivity contribution in [3.8, 4) is 0 Å². The van der Waals surface area contributed by atoms with Crippen LogP contribution in [0.2, 0.25) is 0 Å². The third-order valence-corrected chi connectivity index (χ3v) is 4.18. The SMILES string of the molecule is CCc1ccccc1NC(=O)CN(C)CC(=O)N[C@@H](C)c1ccccc1. The molecule has 0 unspecified atom stereocenters. The van der Waals surface area contributed by atoms with Crippen LogP contribution in [0.5, 0.6) is 0 Å². The number of likely N-dealkylation sites (N-methyl/N-ethyl adjacent to an activating group) is 1.